The van der Waals surface area contributed by atoms with Crippen molar-refractivity contribution in [3.8, 4) is 0 Å². The first-order valence-corrected chi connectivity index (χ1v) is 13.2. The van der Waals surface area contributed by atoms with Gasteiger partial charge in [0.05, 0.1) is 10.6 Å². The maximum absolute atomic E-state index is 12.5. The van der Waals surface area contributed by atoms with Crippen molar-refractivity contribution in [1.29, 1.82) is 0 Å². The van der Waals surface area contributed by atoms with E-state index in [0.29, 0.717) is 32.9 Å². The number of hydrogen-bond acceptors (Lipinski definition) is 7. The van der Waals surface area contributed by atoms with Gasteiger partial charge in [0.1, 0.15) is 11.6 Å². The highest BCUT2D eigenvalue weighted by atomic mass is 35.5. The van der Waals surface area contributed by atoms with Crippen molar-refractivity contribution in [1.82, 2.24) is 9.97 Å². The zero-order chi connectivity index (χ0) is 26.6. The first-order valence-electron chi connectivity index (χ1n) is 12.0. The number of carbonyl (C=O) groups excluding carboxylic acids is 1. The lowest BCUT2D eigenvalue weighted by Crippen LogP contribution is -2.37. The maximum atomic E-state index is 12.5. The van der Waals surface area contributed by atoms with Crippen LogP contribution in [0.5, 0.6) is 0 Å². The van der Waals surface area contributed by atoms with Crippen LogP contribution in [0.15, 0.2) is 88.7 Å². The average Bonchev–Trinajstić information content (AvgIpc) is 2.78. The molecule has 1 fully saturated rings. The third-order valence-corrected chi connectivity index (χ3v) is 7.00. The molecular formula is C28H31ClN6OS. The molecule has 0 spiro atoms. The number of rotatable bonds is 8. The quantitative estimate of drug-likeness (QED) is 0.222. The zero-order valence-corrected chi connectivity index (χ0v) is 22.8. The fourth-order valence-corrected chi connectivity index (χ4v) is 4.38. The van der Waals surface area contributed by atoms with Crippen LogP contribution in [-0.2, 0) is 0 Å². The van der Waals surface area contributed by atoms with Crippen molar-refractivity contribution >= 4 is 46.6 Å². The number of nitrogens with zero attached hydrogens (tertiary/aromatic N) is 3. The smallest absolute Gasteiger partial charge is 0.257 e. The van der Waals surface area contributed by atoms with Gasteiger partial charge in [-0.05, 0) is 60.7 Å². The largest absolute Gasteiger partial charge is 0.402 e. The second-order valence-electron chi connectivity index (χ2n) is 9.79. The van der Waals surface area contributed by atoms with Crippen molar-refractivity contribution in [3.05, 3.63) is 89.2 Å². The second-order valence-corrected chi connectivity index (χ2v) is 11.2. The van der Waals surface area contributed by atoms with E-state index in [1.807, 2.05) is 36.4 Å². The number of nitrogens with one attached hydrogen (secondary N) is 2. The van der Waals surface area contributed by atoms with Crippen LogP contribution in [0.3, 0.4) is 0 Å². The molecule has 1 aliphatic heterocycles. The zero-order valence-electron chi connectivity index (χ0n) is 21.2. The predicted octanol–water partition coefficient (Wildman–Crippen LogP) is 6.56. The van der Waals surface area contributed by atoms with E-state index in [4.69, 9.17) is 27.3 Å². The molecule has 37 heavy (non-hydrogen) atoms. The number of benzene rings is 2. The number of hydrogen-bond donors (Lipinski definition) is 3. The molecule has 0 atom stereocenters. The molecule has 0 unspecified atom stereocenters. The van der Waals surface area contributed by atoms with Crippen molar-refractivity contribution in [2.45, 2.75) is 37.2 Å². The Morgan fingerprint density at radius 1 is 1.11 bits per heavy atom. The van der Waals surface area contributed by atoms with Crippen molar-refractivity contribution in [2.75, 3.05) is 28.6 Å². The summed E-state index contributed by atoms with van der Waals surface area (Å²) in [7, 11) is 0. The molecule has 0 aliphatic carbocycles. The summed E-state index contributed by atoms with van der Waals surface area (Å²) < 4.78 is 0. The lowest BCUT2D eigenvalue weighted by Gasteiger charge is -2.32. The van der Waals surface area contributed by atoms with Gasteiger partial charge in [-0.3, -0.25) is 4.79 Å². The highest BCUT2D eigenvalue weighted by molar-refractivity contribution is 7.99. The van der Waals surface area contributed by atoms with Crippen LogP contribution < -0.4 is 21.3 Å². The van der Waals surface area contributed by atoms with Gasteiger partial charge in [0.15, 0.2) is 5.16 Å². The van der Waals surface area contributed by atoms with Crippen LogP contribution in [-0.4, -0.2) is 29.0 Å². The molecular weight excluding hydrogens is 504 g/mol. The molecule has 192 valence electrons. The Morgan fingerprint density at radius 3 is 2.43 bits per heavy atom. The lowest BCUT2D eigenvalue weighted by molar-refractivity contribution is 0.102. The molecule has 1 aliphatic rings. The van der Waals surface area contributed by atoms with E-state index in [9.17, 15) is 4.79 Å². The van der Waals surface area contributed by atoms with Gasteiger partial charge in [0.2, 0.25) is 0 Å². The van der Waals surface area contributed by atoms with Crippen LogP contribution in [0.4, 0.5) is 17.3 Å². The normalized spacial score (nSPS) is 13.6. The number of halogens is 1. The molecule has 0 bridgehead atoms. The molecule has 1 saturated heterocycles. The van der Waals surface area contributed by atoms with Gasteiger partial charge in [-0.25, -0.2) is 9.97 Å². The van der Waals surface area contributed by atoms with Crippen LogP contribution in [0.2, 0.25) is 5.02 Å². The van der Waals surface area contributed by atoms with Crippen LogP contribution in [0.1, 0.15) is 37.6 Å². The minimum absolute atomic E-state index is 0.154. The number of anilines is 3. The van der Waals surface area contributed by atoms with E-state index in [0.717, 1.165) is 35.9 Å². The van der Waals surface area contributed by atoms with E-state index in [1.54, 1.807) is 24.3 Å². The van der Waals surface area contributed by atoms with Gasteiger partial charge < -0.3 is 21.3 Å². The fourth-order valence-electron chi connectivity index (χ4n) is 3.39. The summed E-state index contributed by atoms with van der Waals surface area (Å²) in [6.07, 6.45) is 2.99. The van der Waals surface area contributed by atoms with Crippen LogP contribution >= 0.6 is 23.4 Å². The van der Waals surface area contributed by atoms with Gasteiger partial charge >= 0.3 is 0 Å². The van der Waals surface area contributed by atoms with Crippen LogP contribution in [0.25, 0.3) is 0 Å². The topological polar surface area (TPSA) is 96.2 Å². The summed E-state index contributed by atoms with van der Waals surface area (Å²) in [5.41, 5.74) is 8.56. The Labute approximate surface area is 227 Å². The monoisotopic (exact) mass is 534 g/mol. The maximum Gasteiger partial charge on any atom is 0.257 e. The Hall–Kier alpha value is -3.49. The molecule has 2 heterocycles. The van der Waals surface area contributed by atoms with Gasteiger partial charge in [0, 0.05) is 46.5 Å². The highest BCUT2D eigenvalue weighted by Crippen LogP contribution is 2.31. The third-order valence-electron chi connectivity index (χ3n) is 5.80. The summed E-state index contributed by atoms with van der Waals surface area (Å²) in [6, 6.07) is 16.4. The Balaban J connectivity index is 1.48. The second kappa shape index (κ2) is 11.3. The van der Waals surface area contributed by atoms with E-state index >= 15 is 0 Å². The fraction of sp³-hybridized carbons (Fsp3) is 0.250. The average molecular weight is 535 g/mol. The Morgan fingerprint density at radius 2 is 1.81 bits per heavy atom. The van der Waals surface area contributed by atoms with Gasteiger partial charge in [-0.2, -0.15) is 0 Å². The third kappa shape index (κ3) is 7.05. The standard InChI is InChI=1S/C28H31ClN6OS/c1-18(16-23(30)28(2,3)4)31-24-17-25(35-14-7-15-35)34-27(33-24)37-20-12-10-19(11-13-20)32-26(36)21-8-5-6-9-22(21)29/h5-6,8-13,16-17H,1,7,14-15,30H2,2-4H3,(H,32,36)(H,31,33,34)/b23-16-. The molecule has 4 rings (SSSR count). The highest BCUT2D eigenvalue weighted by Gasteiger charge is 2.19. The molecule has 1 aromatic heterocycles. The Kier molecular flexibility index (Phi) is 8.10. The Bertz CT molecular complexity index is 1330. The number of aromatic nitrogens is 2. The van der Waals surface area contributed by atoms with Crippen LogP contribution in [0, 0.1) is 5.41 Å². The van der Waals surface area contributed by atoms with Crippen molar-refractivity contribution in [3.63, 3.8) is 0 Å². The molecule has 4 N–H and O–H groups in total. The lowest BCUT2D eigenvalue weighted by atomic mass is 9.92. The summed E-state index contributed by atoms with van der Waals surface area (Å²) in [5, 5.41) is 7.17. The minimum Gasteiger partial charge on any atom is -0.402 e. The van der Waals surface area contributed by atoms with Gasteiger partial charge in [-0.1, -0.05) is 51.1 Å². The molecule has 0 radical (unpaired) electrons. The summed E-state index contributed by atoms with van der Waals surface area (Å²) in [4.78, 5) is 25.2. The SMILES string of the molecule is C=C(/C=C(\N)C(C)(C)C)Nc1cc(N2CCC2)nc(Sc2ccc(NC(=O)c3ccccc3Cl)cc2)n1. The number of allylic oxidation sites excluding steroid dienone is 2. The predicted molar refractivity (Wildman–Crippen MR) is 153 cm³/mol. The molecule has 1 amide bonds. The van der Waals surface area contributed by atoms with E-state index in [-0.39, 0.29) is 11.3 Å². The summed E-state index contributed by atoms with van der Waals surface area (Å²) >= 11 is 7.58. The molecule has 3 aromatic rings. The minimum atomic E-state index is -0.256. The first-order chi connectivity index (χ1) is 17.6. The number of nitrogens with two attached hydrogens (primary N) is 1. The molecule has 2 aromatic carbocycles. The van der Waals surface area contributed by atoms with E-state index in [1.165, 1.54) is 11.8 Å². The van der Waals surface area contributed by atoms with Crippen molar-refractivity contribution < 1.29 is 4.79 Å². The molecule has 9 heteroatoms. The van der Waals surface area contributed by atoms with Gasteiger partial charge in [0.25, 0.3) is 5.91 Å². The van der Waals surface area contributed by atoms with Crippen molar-refractivity contribution in [2.24, 2.45) is 11.1 Å². The number of carbonyl (C=O) groups is 1. The van der Waals surface area contributed by atoms with E-state index < -0.39 is 0 Å². The number of amides is 1. The first kappa shape index (κ1) is 26.6. The van der Waals surface area contributed by atoms with E-state index in [2.05, 4.69) is 42.9 Å². The molecule has 0 saturated carbocycles. The molecule has 7 nitrogen and oxygen atoms in total. The van der Waals surface area contributed by atoms with Gasteiger partial charge in [-0.15, -0.1) is 0 Å². The summed E-state index contributed by atoms with van der Waals surface area (Å²) in [5.74, 6) is 1.27. The summed E-state index contributed by atoms with van der Waals surface area (Å²) in [6.45, 7) is 12.2.